The van der Waals surface area contributed by atoms with E-state index in [1.54, 1.807) is 6.08 Å². The third kappa shape index (κ3) is 15.8. The highest BCUT2D eigenvalue weighted by molar-refractivity contribution is 5.18. The van der Waals surface area contributed by atoms with Gasteiger partial charge in [0.05, 0.1) is 0 Å². The molecule has 0 heterocycles. The van der Waals surface area contributed by atoms with E-state index in [-0.39, 0.29) is 5.76 Å². The molecule has 0 aromatic carbocycles. The van der Waals surface area contributed by atoms with E-state index in [1.165, 1.54) is 13.1 Å². The Bertz CT molecular complexity index is 120. The monoisotopic (exact) mass is 141 g/mol. The Morgan fingerprint density at radius 3 is 1.80 bits per heavy atom. The summed E-state index contributed by atoms with van der Waals surface area (Å²) in [6, 6.07) is 0. The molecule has 0 aliphatic carbocycles. The molecular weight excluding hydrogens is 126 g/mol. The van der Waals surface area contributed by atoms with Gasteiger partial charge in [-0.15, -0.1) is 0 Å². The first kappa shape index (κ1) is 11.7. The molecule has 0 fully saturated rings. The lowest BCUT2D eigenvalue weighted by atomic mass is 10.3. The topological polar surface area (TPSA) is 46.2 Å². The molecule has 2 heteroatoms. The van der Waals surface area contributed by atoms with Gasteiger partial charge in [0.1, 0.15) is 5.76 Å². The second-order valence-electron chi connectivity index (χ2n) is 1.67. The maximum atomic E-state index is 8.48. The van der Waals surface area contributed by atoms with Gasteiger partial charge in [-0.1, -0.05) is 24.8 Å². The SMILES string of the molecule is C=C(C)/C=C\C(=C)O.CN. The first-order valence-electron chi connectivity index (χ1n) is 2.92. The van der Waals surface area contributed by atoms with E-state index < -0.39 is 0 Å². The maximum Gasteiger partial charge on any atom is 0.108 e. The molecule has 3 N–H and O–H groups in total. The fourth-order valence-electron chi connectivity index (χ4n) is 0.238. The summed E-state index contributed by atoms with van der Waals surface area (Å²) in [5, 5.41) is 8.48. The van der Waals surface area contributed by atoms with Crippen molar-refractivity contribution in [3.05, 3.63) is 36.6 Å². The molecular formula is C8H15NO. The van der Waals surface area contributed by atoms with Crippen LogP contribution in [-0.4, -0.2) is 12.2 Å². The van der Waals surface area contributed by atoms with Gasteiger partial charge in [0, 0.05) is 0 Å². The molecule has 0 radical (unpaired) electrons. The molecule has 0 spiro atoms. The molecule has 0 aromatic rings. The fourth-order valence-corrected chi connectivity index (χ4v) is 0.238. The molecule has 0 bridgehead atoms. The van der Waals surface area contributed by atoms with Gasteiger partial charge in [-0.25, -0.2) is 0 Å². The Balaban J connectivity index is 0. The van der Waals surface area contributed by atoms with Crippen molar-refractivity contribution in [2.45, 2.75) is 6.92 Å². The van der Waals surface area contributed by atoms with Crippen LogP contribution in [0.15, 0.2) is 36.6 Å². The molecule has 58 valence electrons. The minimum atomic E-state index is 0.0630. The van der Waals surface area contributed by atoms with Crippen LogP contribution in [0.25, 0.3) is 0 Å². The molecule has 0 aliphatic heterocycles. The summed E-state index contributed by atoms with van der Waals surface area (Å²) in [4.78, 5) is 0. The minimum Gasteiger partial charge on any atom is -0.509 e. The van der Waals surface area contributed by atoms with Crippen molar-refractivity contribution in [3.8, 4) is 0 Å². The van der Waals surface area contributed by atoms with E-state index in [0.717, 1.165) is 5.57 Å². The van der Waals surface area contributed by atoms with Crippen molar-refractivity contribution < 1.29 is 5.11 Å². The van der Waals surface area contributed by atoms with Crippen molar-refractivity contribution in [2.75, 3.05) is 7.05 Å². The molecule has 0 aliphatic rings. The number of hydrogen-bond acceptors (Lipinski definition) is 2. The number of aliphatic hydroxyl groups excluding tert-OH is 1. The van der Waals surface area contributed by atoms with Crippen molar-refractivity contribution in [1.82, 2.24) is 0 Å². The lowest BCUT2D eigenvalue weighted by Gasteiger charge is -1.83. The normalized spacial score (nSPS) is 8.30. The number of allylic oxidation sites excluding steroid dienone is 3. The van der Waals surface area contributed by atoms with Crippen LogP contribution in [0.3, 0.4) is 0 Å². The van der Waals surface area contributed by atoms with Crippen LogP contribution in [0.4, 0.5) is 0 Å². The van der Waals surface area contributed by atoms with Gasteiger partial charge in [0.15, 0.2) is 0 Å². The van der Waals surface area contributed by atoms with Gasteiger partial charge in [-0.3, -0.25) is 0 Å². The number of hydrogen-bond donors (Lipinski definition) is 2. The predicted octanol–water partition coefficient (Wildman–Crippen LogP) is 1.77. The summed E-state index contributed by atoms with van der Waals surface area (Å²) in [6.07, 6.45) is 3.20. The third-order valence-corrected chi connectivity index (χ3v) is 0.560. The number of rotatable bonds is 2. The standard InChI is InChI=1S/C7H10O.CH5N/c1-6(2)4-5-7(3)8;1-2/h4-5,8H,1,3H2,2H3;2H2,1H3/b5-4-;. The van der Waals surface area contributed by atoms with Crippen molar-refractivity contribution in [2.24, 2.45) is 5.73 Å². The van der Waals surface area contributed by atoms with Crippen LogP contribution >= 0.6 is 0 Å². The number of nitrogens with two attached hydrogens (primary N) is 1. The third-order valence-electron chi connectivity index (χ3n) is 0.560. The summed E-state index contributed by atoms with van der Waals surface area (Å²) in [7, 11) is 1.50. The Morgan fingerprint density at radius 2 is 1.70 bits per heavy atom. The molecule has 0 saturated heterocycles. The highest BCUT2D eigenvalue weighted by Gasteiger charge is 1.74. The zero-order valence-electron chi connectivity index (χ0n) is 6.59. The zero-order valence-corrected chi connectivity index (χ0v) is 6.59. The molecule has 2 nitrogen and oxygen atoms in total. The molecule has 0 atom stereocenters. The van der Waals surface area contributed by atoms with E-state index >= 15 is 0 Å². The van der Waals surface area contributed by atoms with Crippen molar-refractivity contribution >= 4 is 0 Å². The smallest absolute Gasteiger partial charge is 0.108 e. The quantitative estimate of drug-likeness (QED) is 0.454. The zero-order chi connectivity index (χ0) is 8.57. The highest BCUT2D eigenvalue weighted by Crippen LogP contribution is 1.91. The van der Waals surface area contributed by atoms with Gasteiger partial charge in [-0.05, 0) is 20.0 Å². The Labute approximate surface area is 62.4 Å². The summed E-state index contributed by atoms with van der Waals surface area (Å²) in [6.45, 7) is 8.69. The van der Waals surface area contributed by atoms with Gasteiger partial charge in [-0.2, -0.15) is 0 Å². The average Bonchev–Trinajstić information content (AvgIpc) is 1.89. The predicted molar refractivity (Wildman–Crippen MR) is 45.8 cm³/mol. The first-order valence-corrected chi connectivity index (χ1v) is 2.92. The average molecular weight is 141 g/mol. The second-order valence-corrected chi connectivity index (χ2v) is 1.67. The van der Waals surface area contributed by atoms with E-state index in [4.69, 9.17) is 5.11 Å². The molecule has 10 heavy (non-hydrogen) atoms. The fraction of sp³-hybridized carbons (Fsp3) is 0.250. The lowest BCUT2D eigenvalue weighted by molar-refractivity contribution is 0.435. The van der Waals surface area contributed by atoms with Crippen LogP contribution < -0.4 is 5.73 Å². The van der Waals surface area contributed by atoms with Gasteiger partial charge in [0.2, 0.25) is 0 Å². The van der Waals surface area contributed by atoms with Crippen molar-refractivity contribution in [1.29, 1.82) is 0 Å². The molecule has 0 aromatic heterocycles. The van der Waals surface area contributed by atoms with E-state index in [0.29, 0.717) is 0 Å². The van der Waals surface area contributed by atoms with Crippen LogP contribution in [-0.2, 0) is 0 Å². The van der Waals surface area contributed by atoms with E-state index in [9.17, 15) is 0 Å². The van der Waals surface area contributed by atoms with Crippen LogP contribution in [0.5, 0.6) is 0 Å². The van der Waals surface area contributed by atoms with Crippen LogP contribution in [0, 0.1) is 0 Å². The molecule has 0 amide bonds. The maximum absolute atomic E-state index is 8.48. The van der Waals surface area contributed by atoms with E-state index in [2.05, 4.69) is 18.9 Å². The summed E-state index contributed by atoms with van der Waals surface area (Å²) in [5.74, 6) is 0.0630. The van der Waals surface area contributed by atoms with E-state index in [1.807, 2.05) is 6.92 Å². The van der Waals surface area contributed by atoms with Gasteiger partial charge in [0.25, 0.3) is 0 Å². The van der Waals surface area contributed by atoms with Gasteiger partial charge < -0.3 is 10.8 Å². The van der Waals surface area contributed by atoms with Crippen molar-refractivity contribution in [3.63, 3.8) is 0 Å². The van der Waals surface area contributed by atoms with Gasteiger partial charge >= 0.3 is 0 Å². The lowest BCUT2D eigenvalue weighted by Crippen LogP contribution is -1.69. The molecule has 0 unspecified atom stereocenters. The van der Waals surface area contributed by atoms with Crippen LogP contribution in [0.2, 0.25) is 0 Å². The summed E-state index contributed by atoms with van der Waals surface area (Å²) in [5.41, 5.74) is 5.40. The first-order chi connectivity index (χ1) is 4.63. The molecule has 0 rings (SSSR count). The Hall–Kier alpha value is -1.02. The molecule has 0 saturated carbocycles. The Morgan fingerprint density at radius 1 is 1.30 bits per heavy atom. The van der Waals surface area contributed by atoms with Crippen LogP contribution in [0.1, 0.15) is 6.92 Å². The largest absolute Gasteiger partial charge is 0.509 e. The summed E-state index contributed by atoms with van der Waals surface area (Å²) < 4.78 is 0. The summed E-state index contributed by atoms with van der Waals surface area (Å²) >= 11 is 0. The highest BCUT2D eigenvalue weighted by atomic mass is 16.3. The minimum absolute atomic E-state index is 0.0630. The number of aliphatic hydroxyl groups is 1. The Kier molecular flexibility index (Phi) is 9.37. The second kappa shape index (κ2) is 7.98.